The monoisotopic (exact) mass is 248 g/mol. The summed E-state index contributed by atoms with van der Waals surface area (Å²) in [7, 11) is 1.62. The van der Waals surface area contributed by atoms with E-state index in [4.69, 9.17) is 4.74 Å². The minimum Gasteiger partial charge on any atom is -0.497 e. The fraction of sp³-hybridized carbons (Fsp3) is 0.500. The van der Waals surface area contributed by atoms with Gasteiger partial charge in [-0.05, 0) is 49.4 Å². The van der Waals surface area contributed by atoms with Gasteiger partial charge in [0.1, 0.15) is 5.75 Å². The Hall–Kier alpha value is -1.71. The van der Waals surface area contributed by atoms with Gasteiger partial charge in [0.25, 0.3) is 0 Å². The normalized spacial score (nSPS) is 22.6. The Morgan fingerprint density at radius 3 is 2.56 bits per heavy atom. The van der Waals surface area contributed by atoms with Crippen LogP contribution in [0, 0.1) is 5.92 Å². The number of urea groups is 1. The molecule has 2 amide bonds. The van der Waals surface area contributed by atoms with E-state index in [1.54, 1.807) is 7.11 Å². The predicted octanol–water partition coefficient (Wildman–Crippen LogP) is 3.01. The third kappa shape index (κ3) is 3.39. The van der Waals surface area contributed by atoms with Gasteiger partial charge < -0.3 is 15.4 Å². The summed E-state index contributed by atoms with van der Waals surface area (Å²) in [6.07, 6.45) is 3.36. The van der Waals surface area contributed by atoms with Crippen molar-refractivity contribution < 1.29 is 9.53 Å². The van der Waals surface area contributed by atoms with Crippen LogP contribution in [0.1, 0.15) is 26.2 Å². The molecule has 1 aromatic carbocycles. The van der Waals surface area contributed by atoms with Crippen molar-refractivity contribution in [3.05, 3.63) is 24.3 Å². The second kappa shape index (κ2) is 5.76. The van der Waals surface area contributed by atoms with Gasteiger partial charge in [-0.3, -0.25) is 0 Å². The molecule has 0 aromatic heterocycles. The van der Waals surface area contributed by atoms with Crippen LogP contribution in [0.4, 0.5) is 10.5 Å². The Morgan fingerprint density at radius 1 is 1.28 bits per heavy atom. The molecule has 1 aromatic rings. The summed E-state index contributed by atoms with van der Waals surface area (Å²) in [5, 5.41) is 5.83. The average molecular weight is 248 g/mol. The molecule has 4 heteroatoms. The average Bonchev–Trinajstić information content (AvgIpc) is 2.75. The maximum absolute atomic E-state index is 11.8. The second-order valence-electron chi connectivity index (χ2n) is 4.94. The van der Waals surface area contributed by atoms with Gasteiger partial charge in [0.15, 0.2) is 0 Å². The molecule has 2 rings (SSSR count). The fourth-order valence-electron chi connectivity index (χ4n) is 2.37. The standard InChI is InChI=1S/C14H20N2O2/c1-10-3-4-12(9-10)16-14(17)15-11-5-7-13(18-2)8-6-11/h5-8,10,12H,3-4,9H2,1-2H3,(H2,15,16,17). The first-order chi connectivity index (χ1) is 8.67. The van der Waals surface area contributed by atoms with Crippen molar-refractivity contribution >= 4 is 11.7 Å². The van der Waals surface area contributed by atoms with Gasteiger partial charge >= 0.3 is 6.03 Å². The van der Waals surface area contributed by atoms with Gasteiger partial charge in [0, 0.05) is 11.7 Å². The number of hydrogen-bond acceptors (Lipinski definition) is 2. The van der Waals surface area contributed by atoms with E-state index in [2.05, 4.69) is 17.6 Å². The first-order valence-electron chi connectivity index (χ1n) is 6.39. The Labute approximate surface area is 108 Å². The van der Waals surface area contributed by atoms with Crippen molar-refractivity contribution in [1.29, 1.82) is 0 Å². The van der Waals surface area contributed by atoms with E-state index in [-0.39, 0.29) is 6.03 Å². The van der Waals surface area contributed by atoms with Crippen molar-refractivity contribution in [2.45, 2.75) is 32.2 Å². The third-order valence-electron chi connectivity index (χ3n) is 3.38. The number of methoxy groups -OCH3 is 1. The number of ether oxygens (including phenoxy) is 1. The van der Waals surface area contributed by atoms with E-state index in [0.29, 0.717) is 6.04 Å². The summed E-state index contributed by atoms with van der Waals surface area (Å²) in [4.78, 5) is 11.8. The summed E-state index contributed by atoms with van der Waals surface area (Å²) in [5.74, 6) is 1.50. The Kier molecular flexibility index (Phi) is 4.07. The molecule has 0 radical (unpaired) electrons. The van der Waals surface area contributed by atoms with Crippen LogP contribution in [0.5, 0.6) is 5.75 Å². The molecule has 1 fully saturated rings. The van der Waals surface area contributed by atoms with Crippen LogP contribution in [0.15, 0.2) is 24.3 Å². The van der Waals surface area contributed by atoms with Crippen molar-refractivity contribution in [1.82, 2.24) is 5.32 Å². The molecule has 1 aliphatic rings. The van der Waals surface area contributed by atoms with Crippen LogP contribution in [0.2, 0.25) is 0 Å². The van der Waals surface area contributed by atoms with Gasteiger partial charge in [-0.15, -0.1) is 0 Å². The molecule has 2 N–H and O–H groups in total. The van der Waals surface area contributed by atoms with E-state index in [0.717, 1.165) is 30.2 Å². The minimum atomic E-state index is -0.126. The molecule has 0 heterocycles. The van der Waals surface area contributed by atoms with E-state index in [9.17, 15) is 4.79 Å². The Bertz CT molecular complexity index is 403. The molecule has 18 heavy (non-hydrogen) atoms. The molecule has 1 saturated carbocycles. The summed E-state index contributed by atoms with van der Waals surface area (Å²) in [6.45, 7) is 2.23. The third-order valence-corrected chi connectivity index (χ3v) is 3.38. The second-order valence-corrected chi connectivity index (χ2v) is 4.94. The first-order valence-corrected chi connectivity index (χ1v) is 6.39. The number of anilines is 1. The highest BCUT2D eigenvalue weighted by Gasteiger charge is 2.22. The summed E-state index contributed by atoms with van der Waals surface area (Å²) in [6, 6.07) is 7.50. The molecule has 0 aliphatic heterocycles. The quantitative estimate of drug-likeness (QED) is 0.864. The number of carbonyl (C=O) groups is 1. The Morgan fingerprint density at radius 2 is 2.00 bits per heavy atom. The number of rotatable bonds is 3. The van der Waals surface area contributed by atoms with Gasteiger partial charge in [-0.25, -0.2) is 4.79 Å². The van der Waals surface area contributed by atoms with E-state index in [1.807, 2.05) is 24.3 Å². The molecular weight excluding hydrogens is 228 g/mol. The zero-order chi connectivity index (χ0) is 13.0. The van der Waals surface area contributed by atoms with Gasteiger partial charge in [0.05, 0.1) is 7.11 Å². The smallest absolute Gasteiger partial charge is 0.319 e. The van der Waals surface area contributed by atoms with Gasteiger partial charge in [0.2, 0.25) is 0 Å². The van der Waals surface area contributed by atoms with Crippen molar-refractivity contribution in [3.63, 3.8) is 0 Å². The van der Waals surface area contributed by atoms with Gasteiger partial charge in [-0.2, -0.15) is 0 Å². The molecule has 98 valence electrons. The van der Waals surface area contributed by atoms with E-state index >= 15 is 0 Å². The highest BCUT2D eigenvalue weighted by Crippen LogP contribution is 2.24. The highest BCUT2D eigenvalue weighted by molar-refractivity contribution is 5.89. The van der Waals surface area contributed by atoms with E-state index < -0.39 is 0 Å². The molecule has 1 aliphatic carbocycles. The van der Waals surface area contributed by atoms with E-state index in [1.165, 1.54) is 6.42 Å². The number of carbonyl (C=O) groups excluding carboxylic acids is 1. The number of amides is 2. The number of hydrogen-bond donors (Lipinski definition) is 2. The predicted molar refractivity (Wildman–Crippen MR) is 72.0 cm³/mol. The lowest BCUT2D eigenvalue weighted by Crippen LogP contribution is -2.36. The maximum Gasteiger partial charge on any atom is 0.319 e. The van der Waals surface area contributed by atoms with Crippen LogP contribution in [0.25, 0.3) is 0 Å². The lowest BCUT2D eigenvalue weighted by atomic mass is 10.1. The molecular formula is C14H20N2O2. The molecule has 2 unspecified atom stereocenters. The van der Waals surface area contributed by atoms with Crippen molar-refractivity contribution in [2.24, 2.45) is 5.92 Å². The van der Waals surface area contributed by atoms with Crippen LogP contribution >= 0.6 is 0 Å². The van der Waals surface area contributed by atoms with Crippen LogP contribution in [-0.4, -0.2) is 19.2 Å². The van der Waals surface area contributed by atoms with Gasteiger partial charge in [-0.1, -0.05) is 6.92 Å². The summed E-state index contributed by atoms with van der Waals surface area (Å²) < 4.78 is 5.07. The highest BCUT2D eigenvalue weighted by atomic mass is 16.5. The zero-order valence-electron chi connectivity index (χ0n) is 10.9. The molecule has 0 saturated heterocycles. The maximum atomic E-state index is 11.8. The fourth-order valence-corrected chi connectivity index (χ4v) is 2.37. The lowest BCUT2D eigenvalue weighted by molar-refractivity contribution is 0.248. The van der Waals surface area contributed by atoms with Crippen LogP contribution < -0.4 is 15.4 Å². The van der Waals surface area contributed by atoms with Crippen LogP contribution in [-0.2, 0) is 0 Å². The van der Waals surface area contributed by atoms with Crippen molar-refractivity contribution in [3.8, 4) is 5.75 Å². The first kappa shape index (κ1) is 12.7. The minimum absolute atomic E-state index is 0.126. The topological polar surface area (TPSA) is 50.4 Å². The zero-order valence-corrected chi connectivity index (χ0v) is 10.9. The lowest BCUT2D eigenvalue weighted by Gasteiger charge is -2.13. The van der Waals surface area contributed by atoms with Crippen LogP contribution in [0.3, 0.4) is 0 Å². The molecule has 0 spiro atoms. The SMILES string of the molecule is COc1ccc(NC(=O)NC2CCC(C)C2)cc1. The van der Waals surface area contributed by atoms with Crippen molar-refractivity contribution in [2.75, 3.05) is 12.4 Å². The summed E-state index contributed by atoms with van der Waals surface area (Å²) in [5.41, 5.74) is 0.777. The molecule has 0 bridgehead atoms. The number of benzene rings is 1. The molecule has 4 nitrogen and oxygen atoms in total. The largest absolute Gasteiger partial charge is 0.497 e. The summed E-state index contributed by atoms with van der Waals surface area (Å²) >= 11 is 0. The Balaban J connectivity index is 1.83. The molecule has 2 atom stereocenters. The number of nitrogens with one attached hydrogen (secondary N) is 2.